The van der Waals surface area contributed by atoms with Crippen molar-refractivity contribution in [3.63, 3.8) is 0 Å². The van der Waals surface area contributed by atoms with Gasteiger partial charge in [0.15, 0.2) is 0 Å². The van der Waals surface area contributed by atoms with Crippen LogP contribution >= 0.6 is 15.9 Å². The minimum atomic E-state index is -0.784. The Balaban J connectivity index is 2.30. The summed E-state index contributed by atoms with van der Waals surface area (Å²) in [7, 11) is 0. The maximum absolute atomic E-state index is 11.0. The summed E-state index contributed by atoms with van der Waals surface area (Å²) >= 11 is 3.41. The van der Waals surface area contributed by atoms with Gasteiger partial charge in [0.2, 0.25) is 0 Å². The molecule has 1 aromatic carbocycles. The van der Waals surface area contributed by atoms with E-state index in [0.29, 0.717) is 13.0 Å². The minimum absolute atomic E-state index is 0.321. The number of carbonyl (C=O) groups is 1. The van der Waals surface area contributed by atoms with Gasteiger partial charge in [0.25, 0.3) is 0 Å². The Labute approximate surface area is 96.2 Å². The predicted octanol–water partition coefficient (Wildman–Crippen LogP) is 2.61. The second-order valence-corrected chi connectivity index (χ2v) is 4.40. The summed E-state index contributed by atoms with van der Waals surface area (Å²) in [5.74, 6) is -1.21. The number of halogens is 1. The van der Waals surface area contributed by atoms with E-state index >= 15 is 0 Å². The lowest BCUT2D eigenvalue weighted by molar-refractivity contribution is -0.143. The van der Waals surface area contributed by atoms with Crippen molar-refractivity contribution in [2.24, 2.45) is 5.92 Å². The van der Waals surface area contributed by atoms with E-state index in [-0.39, 0.29) is 6.10 Å². The van der Waals surface area contributed by atoms with E-state index in [4.69, 9.17) is 9.84 Å². The topological polar surface area (TPSA) is 46.5 Å². The predicted molar refractivity (Wildman–Crippen MR) is 58.6 cm³/mol. The Morgan fingerprint density at radius 1 is 1.47 bits per heavy atom. The maximum atomic E-state index is 11.0. The van der Waals surface area contributed by atoms with Gasteiger partial charge in [-0.25, -0.2) is 0 Å². The number of carboxylic acid groups (broad SMARTS) is 1. The summed E-state index contributed by atoms with van der Waals surface area (Å²) in [6, 6.07) is 7.59. The Morgan fingerprint density at radius 3 is 2.87 bits per heavy atom. The fourth-order valence-corrected chi connectivity index (χ4v) is 2.37. The van der Waals surface area contributed by atoms with Crippen LogP contribution in [0.25, 0.3) is 0 Å². The second kappa shape index (κ2) is 4.33. The molecule has 15 heavy (non-hydrogen) atoms. The monoisotopic (exact) mass is 270 g/mol. The minimum Gasteiger partial charge on any atom is -0.481 e. The molecule has 3 nitrogen and oxygen atoms in total. The summed E-state index contributed by atoms with van der Waals surface area (Å²) in [5.41, 5.74) is 0.919. The molecule has 0 saturated carbocycles. The zero-order chi connectivity index (χ0) is 10.8. The average molecular weight is 271 g/mol. The van der Waals surface area contributed by atoms with Crippen LogP contribution in [0.4, 0.5) is 0 Å². The lowest BCUT2D eigenvalue weighted by atomic mass is 9.96. The molecular weight excluding hydrogens is 260 g/mol. The van der Waals surface area contributed by atoms with Crippen LogP contribution in [0.2, 0.25) is 0 Å². The highest BCUT2D eigenvalue weighted by molar-refractivity contribution is 9.10. The second-order valence-electron chi connectivity index (χ2n) is 3.55. The molecule has 1 aromatic rings. The molecule has 1 aliphatic heterocycles. The number of hydrogen-bond acceptors (Lipinski definition) is 2. The van der Waals surface area contributed by atoms with Crippen molar-refractivity contribution in [3.05, 3.63) is 34.3 Å². The lowest BCUT2D eigenvalue weighted by Crippen LogP contribution is -2.17. The zero-order valence-corrected chi connectivity index (χ0v) is 9.61. The van der Waals surface area contributed by atoms with Crippen LogP contribution in [0.15, 0.2) is 28.7 Å². The van der Waals surface area contributed by atoms with Gasteiger partial charge in [-0.1, -0.05) is 34.1 Å². The maximum Gasteiger partial charge on any atom is 0.309 e. The number of hydrogen-bond donors (Lipinski definition) is 1. The van der Waals surface area contributed by atoms with Crippen LogP contribution in [0.1, 0.15) is 18.1 Å². The molecule has 1 saturated heterocycles. The SMILES string of the molecule is O=C(O)C1CCOC1c1ccccc1Br. The third-order valence-corrected chi connectivity index (χ3v) is 3.34. The average Bonchev–Trinajstić information content (AvgIpc) is 2.67. The molecule has 0 bridgehead atoms. The first-order valence-corrected chi connectivity index (χ1v) is 5.58. The van der Waals surface area contributed by atoms with E-state index in [1.807, 2.05) is 24.3 Å². The van der Waals surface area contributed by atoms with Crippen LogP contribution in [0.3, 0.4) is 0 Å². The van der Waals surface area contributed by atoms with Crippen molar-refractivity contribution in [1.82, 2.24) is 0 Å². The molecule has 0 amide bonds. The quantitative estimate of drug-likeness (QED) is 0.899. The fourth-order valence-electron chi connectivity index (χ4n) is 1.85. The van der Waals surface area contributed by atoms with E-state index < -0.39 is 11.9 Å². The molecule has 80 valence electrons. The van der Waals surface area contributed by atoms with Gasteiger partial charge in [-0.2, -0.15) is 0 Å². The van der Waals surface area contributed by atoms with Crippen molar-refractivity contribution in [3.8, 4) is 0 Å². The number of ether oxygens (including phenoxy) is 1. The molecule has 0 radical (unpaired) electrons. The van der Waals surface area contributed by atoms with Crippen molar-refractivity contribution in [2.75, 3.05) is 6.61 Å². The molecule has 2 unspecified atom stereocenters. The van der Waals surface area contributed by atoms with Gasteiger partial charge in [0.05, 0.1) is 12.0 Å². The first-order valence-electron chi connectivity index (χ1n) is 4.79. The molecule has 4 heteroatoms. The van der Waals surface area contributed by atoms with Gasteiger partial charge >= 0.3 is 5.97 Å². The standard InChI is InChI=1S/C11H11BrO3/c12-9-4-2-1-3-7(9)10-8(11(13)14)5-6-15-10/h1-4,8,10H,5-6H2,(H,13,14). The smallest absolute Gasteiger partial charge is 0.309 e. The summed E-state index contributed by atoms with van der Waals surface area (Å²) < 4.78 is 6.39. The zero-order valence-electron chi connectivity index (χ0n) is 8.02. The molecule has 2 atom stereocenters. The highest BCUT2D eigenvalue weighted by Crippen LogP contribution is 2.37. The first kappa shape index (κ1) is 10.6. The van der Waals surface area contributed by atoms with Gasteiger partial charge in [-0.05, 0) is 18.1 Å². The Morgan fingerprint density at radius 2 is 2.20 bits per heavy atom. The summed E-state index contributed by atoms with van der Waals surface area (Å²) in [4.78, 5) is 11.0. The normalized spacial score (nSPS) is 25.4. The van der Waals surface area contributed by atoms with Crippen LogP contribution < -0.4 is 0 Å². The molecular formula is C11H11BrO3. The van der Waals surface area contributed by atoms with E-state index in [1.165, 1.54) is 0 Å². The van der Waals surface area contributed by atoms with Gasteiger partial charge in [0, 0.05) is 11.1 Å². The summed E-state index contributed by atoms with van der Waals surface area (Å²) in [5, 5.41) is 9.04. The van der Waals surface area contributed by atoms with Gasteiger partial charge in [-0.3, -0.25) is 4.79 Å². The number of aliphatic carboxylic acids is 1. The Hall–Kier alpha value is -0.870. The fraction of sp³-hybridized carbons (Fsp3) is 0.364. The highest BCUT2D eigenvalue weighted by atomic mass is 79.9. The van der Waals surface area contributed by atoms with Crippen molar-refractivity contribution < 1.29 is 14.6 Å². The number of rotatable bonds is 2. The number of benzene rings is 1. The molecule has 0 spiro atoms. The lowest BCUT2D eigenvalue weighted by Gasteiger charge is -2.16. The van der Waals surface area contributed by atoms with E-state index in [0.717, 1.165) is 10.0 Å². The molecule has 1 fully saturated rings. The third kappa shape index (κ3) is 2.06. The summed E-state index contributed by atoms with van der Waals surface area (Å²) in [6.45, 7) is 0.517. The first-order chi connectivity index (χ1) is 7.20. The van der Waals surface area contributed by atoms with Crippen LogP contribution in [-0.2, 0) is 9.53 Å². The summed E-state index contributed by atoms with van der Waals surface area (Å²) in [6.07, 6.45) is 0.263. The largest absolute Gasteiger partial charge is 0.481 e. The van der Waals surface area contributed by atoms with Gasteiger partial charge in [0.1, 0.15) is 0 Å². The van der Waals surface area contributed by atoms with Crippen LogP contribution in [-0.4, -0.2) is 17.7 Å². The van der Waals surface area contributed by atoms with Crippen molar-refractivity contribution in [2.45, 2.75) is 12.5 Å². The van der Waals surface area contributed by atoms with Crippen molar-refractivity contribution >= 4 is 21.9 Å². The molecule has 0 aromatic heterocycles. The molecule has 2 rings (SSSR count). The third-order valence-electron chi connectivity index (χ3n) is 2.62. The molecule has 0 aliphatic carbocycles. The van der Waals surface area contributed by atoms with Gasteiger partial charge < -0.3 is 9.84 Å². The molecule has 1 aliphatic rings. The molecule has 1 heterocycles. The van der Waals surface area contributed by atoms with Crippen LogP contribution in [0, 0.1) is 5.92 Å². The molecule has 1 N–H and O–H groups in total. The van der Waals surface area contributed by atoms with E-state index in [1.54, 1.807) is 0 Å². The van der Waals surface area contributed by atoms with Gasteiger partial charge in [-0.15, -0.1) is 0 Å². The van der Waals surface area contributed by atoms with E-state index in [2.05, 4.69) is 15.9 Å². The number of carboxylic acids is 1. The van der Waals surface area contributed by atoms with Crippen molar-refractivity contribution in [1.29, 1.82) is 0 Å². The van der Waals surface area contributed by atoms with Crippen LogP contribution in [0.5, 0.6) is 0 Å². The Bertz CT molecular complexity index is 378. The highest BCUT2D eigenvalue weighted by Gasteiger charge is 2.35. The van der Waals surface area contributed by atoms with E-state index in [9.17, 15) is 4.79 Å². The Kier molecular flexibility index (Phi) is 3.07.